The molecule has 0 fully saturated rings. The summed E-state index contributed by atoms with van der Waals surface area (Å²) in [5, 5.41) is 0. The van der Waals surface area contributed by atoms with Crippen molar-refractivity contribution in [3.05, 3.63) is 72.9 Å². The predicted molar refractivity (Wildman–Crippen MR) is 321 cm³/mol. The molecule has 0 radical (unpaired) electrons. The Hall–Kier alpha value is -3.15. The molecule has 6 nitrogen and oxygen atoms in total. The Balaban J connectivity index is 4.10. The quantitative estimate of drug-likeness (QED) is 0.0261. The lowest BCUT2D eigenvalue weighted by Crippen LogP contribution is -2.30. The fourth-order valence-electron chi connectivity index (χ4n) is 9.17. The highest BCUT2D eigenvalue weighted by atomic mass is 16.6. The Labute approximate surface area is 459 Å². The summed E-state index contributed by atoms with van der Waals surface area (Å²) in [5.41, 5.74) is 0. The first-order chi connectivity index (χ1) is 36.5. The first kappa shape index (κ1) is 70.8. The number of allylic oxidation sites excluding steroid dienone is 12. The van der Waals surface area contributed by atoms with Crippen LogP contribution >= 0.6 is 0 Å². The summed E-state index contributed by atoms with van der Waals surface area (Å²) >= 11 is 0. The van der Waals surface area contributed by atoms with Gasteiger partial charge in [0.1, 0.15) is 13.2 Å². The molecule has 0 saturated carbocycles. The molecule has 0 aliphatic heterocycles. The third-order valence-electron chi connectivity index (χ3n) is 13.9. The smallest absolute Gasteiger partial charge is 0.306 e. The van der Waals surface area contributed by atoms with Crippen LogP contribution in [0, 0.1) is 0 Å². The molecule has 0 aliphatic carbocycles. The highest BCUT2D eigenvalue weighted by Gasteiger charge is 2.19. The van der Waals surface area contributed by atoms with Gasteiger partial charge in [0, 0.05) is 19.3 Å². The average molecular weight is 1030 g/mol. The van der Waals surface area contributed by atoms with Crippen molar-refractivity contribution in [3.8, 4) is 0 Å². The second kappa shape index (κ2) is 62.4. The van der Waals surface area contributed by atoms with Gasteiger partial charge in [-0.25, -0.2) is 0 Å². The maximum atomic E-state index is 12.8. The van der Waals surface area contributed by atoms with Gasteiger partial charge in [0.05, 0.1) is 0 Å². The van der Waals surface area contributed by atoms with Crippen molar-refractivity contribution in [1.29, 1.82) is 0 Å². The molecule has 6 heteroatoms. The van der Waals surface area contributed by atoms with Crippen LogP contribution in [-0.2, 0) is 28.6 Å². The number of rotatable bonds is 58. The maximum absolute atomic E-state index is 12.8. The van der Waals surface area contributed by atoms with Gasteiger partial charge in [-0.2, -0.15) is 0 Å². The van der Waals surface area contributed by atoms with Crippen molar-refractivity contribution >= 4 is 17.9 Å². The SMILES string of the molecule is CC/C=C\C/C=C\C/C=C\C/C=C\CCCCCCCCCCCCCCCCCCCCC(=O)OCC(COC(=O)CCCCCCCCCCC)OC(=O)CCCCCCC/C=C\C/C=C\CCCCCC. The van der Waals surface area contributed by atoms with Gasteiger partial charge in [-0.15, -0.1) is 0 Å². The predicted octanol–water partition coefficient (Wildman–Crippen LogP) is 21.7. The van der Waals surface area contributed by atoms with E-state index in [4.69, 9.17) is 14.2 Å². The molecular weight excluding hydrogens is 913 g/mol. The van der Waals surface area contributed by atoms with E-state index in [0.717, 1.165) is 109 Å². The van der Waals surface area contributed by atoms with Crippen LogP contribution in [-0.4, -0.2) is 37.2 Å². The first-order valence-electron chi connectivity index (χ1n) is 31.9. The van der Waals surface area contributed by atoms with Crippen LogP contribution < -0.4 is 0 Å². The largest absolute Gasteiger partial charge is 0.462 e. The number of ether oxygens (including phenoxy) is 3. The van der Waals surface area contributed by atoms with Crippen LogP contribution in [0.1, 0.15) is 323 Å². The third-order valence-corrected chi connectivity index (χ3v) is 13.9. The van der Waals surface area contributed by atoms with Gasteiger partial charge in [-0.3, -0.25) is 14.4 Å². The fourth-order valence-corrected chi connectivity index (χ4v) is 9.17. The average Bonchev–Trinajstić information content (AvgIpc) is 3.40. The monoisotopic (exact) mass is 1030 g/mol. The van der Waals surface area contributed by atoms with Crippen molar-refractivity contribution < 1.29 is 28.6 Å². The van der Waals surface area contributed by atoms with E-state index in [0.29, 0.717) is 19.3 Å². The summed E-state index contributed by atoms with van der Waals surface area (Å²) in [6, 6.07) is 0. The molecule has 1 atom stereocenters. The van der Waals surface area contributed by atoms with Gasteiger partial charge in [-0.1, -0.05) is 286 Å². The minimum atomic E-state index is -0.778. The second-order valence-electron chi connectivity index (χ2n) is 21.3. The Morgan fingerprint density at radius 2 is 0.527 bits per heavy atom. The topological polar surface area (TPSA) is 78.9 Å². The van der Waals surface area contributed by atoms with Crippen LogP contribution in [0.25, 0.3) is 0 Å². The number of unbranched alkanes of at least 4 members (excludes halogenated alkanes) is 35. The summed E-state index contributed by atoms with van der Waals surface area (Å²) in [6.45, 7) is 6.51. The number of carbonyl (C=O) groups excluding carboxylic acids is 3. The van der Waals surface area contributed by atoms with Crippen molar-refractivity contribution in [2.75, 3.05) is 13.2 Å². The van der Waals surface area contributed by atoms with Crippen LogP contribution in [0.15, 0.2) is 72.9 Å². The molecule has 0 bridgehead atoms. The van der Waals surface area contributed by atoms with Gasteiger partial charge in [-0.05, 0) is 89.9 Å². The molecule has 74 heavy (non-hydrogen) atoms. The summed E-state index contributed by atoms with van der Waals surface area (Å²) in [6.07, 6.45) is 80.7. The van der Waals surface area contributed by atoms with Crippen molar-refractivity contribution in [2.45, 2.75) is 329 Å². The highest BCUT2D eigenvalue weighted by Crippen LogP contribution is 2.17. The summed E-state index contributed by atoms with van der Waals surface area (Å²) in [4.78, 5) is 38.1. The molecule has 428 valence electrons. The van der Waals surface area contributed by atoms with Gasteiger partial charge >= 0.3 is 17.9 Å². The van der Waals surface area contributed by atoms with Crippen LogP contribution in [0.4, 0.5) is 0 Å². The molecular formula is C68H120O6. The van der Waals surface area contributed by atoms with Crippen LogP contribution in [0.2, 0.25) is 0 Å². The van der Waals surface area contributed by atoms with E-state index in [1.54, 1.807) is 0 Å². The summed E-state index contributed by atoms with van der Waals surface area (Å²) in [7, 11) is 0. The molecule has 0 N–H and O–H groups in total. The van der Waals surface area contributed by atoms with E-state index >= 15 is 0 Å². The van der Waals surface area contributed by atoms with Crippen molar-refractivity contribution in [1.82, 2.24) is 0 Å². The third kappa shape index (κ3) is 59.7. The summed E-state index contributed by atoms with van der Waals surface area (Å²) < 4.78 is 16.9. The van der Waals surface area contributed by atoms with E-state index in [1.165, 1.54) is 173 Å². The lowest BCUT2D eigenvalue weighted by atomic mass is 10.0. The zero-order chi connectivity index (χ0) is 53.6. The molecule has 0 amide bonds. The molecule has 0 aromatic rings. The van der Waals surface area contributed by atoms with E-state index in [1.807, 2.05) is 0 Å². The Morgan fingerprint density at radius 3 is 0.838 bits per heavy atom. The van der Waals surface area contributed by atoms with E-state index in [9.17, 15) is 14.4 Å². The minimum Gasteiger partial charge on any atom is -0.462 e. The van der Waals surface area contributed by atoms with Gasteiger partial charge in [0.15, 0.2) is 6.10 Å². The number of carbonyl (C=O) groups is 3. The molecule has 0 aliphatic rings. The summed E-state index contributed by atoms with van der Waals surface area (Å²) in [5.74, 6) is -0.879. The second-order valence-corrected chi connectivity index (χ2v) is 21.3. The molecule has 0 aromatic carbocycles. The zero-order valence-corrected chi connectivity index (χ0v) is 49.1. The Kier molecular flexibility index (Phi) is 59.7. The highest BCUT2D eigenvalue weighted by molar-refractivity contribution is 5.71. The lowest BCUT2D eigenvalue weighted by molar-refractivity contribution is -0.167. The van der Waals surface area contributed by atoms with Crippen molar-refractivity contribution in [2.24, 2.45) is 0 Å². The normalized spacial score (nSPS) is 12.5. The molecule has 0 rings (SSSR count). The number of hydrogen-bond acceptors (Lipinski definition) is 6. The minimum absolute atomic E-state index is 0.0765. The molecule has 1 unspecified atom stereocenters. The van der Waals surface area contributed by atoms with Gasteiger partial charge in [0.25, 0.3) is 0 Å². The number of hydrogen-bond donors (Lipinski definition) is 0. The lowest BCUT2D eigenvalue weighted by Gasteiger charge is -2.18. The Morgan fingerprint density at radius 1 is 0.284 bits per heavy atom. The van der Waals surface area contributed by atoms with Gasteiger partial charge < -0.3 is 14.2 Å². The van der Waals surface area contributed by atoms with Crippen molar-refractivity contribution in [3.63, 3.8) is 0 Å². The van der Waals surface area contributed by atoms with E-state index in [2.05, 4.69) is 93.7 Å². The fraction of sp³-hybridized carbons (Fsp3) is 0.779. The van der Waals surface area contributed by atoms with Gasteiger partial charge in [0.2, 0.25) is 0 Å². The molecule has 0 saturated heterocycles. The van der Waals surface area contributed by atoms with Crippen LogP contribution in [0.5, 0.6) is 0 Å². The maximum Gasteiger partial charge on any atom is 0.306 e. The van der Waals surface area contributed by atoms with Crippen LogP contribution in [0.3, 0.4) is 0 Å². The number of esters is 3. The zero-order valence-electron chi connectivity index (χ0n) is 49.1. The van der Waals surface area contributed by atoms with E-state index < -0.39 is 6.10 Å². The standard InChI is InChI=1S/C68H120O6/c1-4-7-10-13-16-19-21-23-25-27-28-29-30-31-32-33-34-35-36-37-38-39-40-41-43-44-46-49-52-55-58-61-67(70)73-64-65(63-72-66(69)60-57-54-51-48-18-15-12-9-6-3)74-68(71)62-59-56-53-50-47-45-42-26-24-22-20-17-14-11-8-5-2/h7,10,16,19-20,22-23,25-26,28-29,42,65H,4-6,8-9,11-15,17-18,21,24,27,30-41,43-64H2,1-3H3/b10-7-,19-16-,22-20-,25-23-,29-28-,42-26-. The molecule has 0 spiro atoms. The molecule has 0 aromatic heterocycles. The molecule has 0 heterocycles. The van der Waals surface area contributed by atoms with E-state index in [-0.39, 0.29) is 31.1 Å². The Bertz CT molecular complexity index is 1370. The first-order valence-corrected chi connectivity index (χ1v) is 31.9.